The van der Waals surface area contributed by atoms with E-state index in [-0.39, 0.29) is 6.04 Å². The predicted molar refractivity (Wildman–Crippen MR) is 90.2 cm³/mol. The van der Waals surface area contributed by atoms with Crippen molar-refractivity contribution >= 4 is 0 Å². The van der Waals surface area contributed by atoms with Gasteiger partial charge < -0.3 is 10.6 Å². The number of aryl methyl sites for hydroxylation is 2. The Morgan fingerprint density at radius 2 is 1.71 bits per heavy atom. The summed E-state index contributed by atoms with van der Waals surface area (Å²) < 4.78 is 0. The minimum absolute atomic E-state index is 0.116. The van der Waals surface area contributed by atoms with E-state index in [9.17, 15) is 0 Å². The molecule has 0 heterocycles. The number of hydrogen-bond donors (Lipinski definition) is 1. The average Bonchev–Trinajstić information content (AvgIpc) is 2.45. The highest BCUT2D eigenvalue weighted by Crippen LogP contribution is 2.15. The maximum absolute atomic E-state index is 6.28. The zero-order valence-electron chi connectivity index (χ0n) is 13.3. The Hall–Kier alpha value is -1.64. The number of benzene rings is 2. The van der Waals surface area contributed by atoms with Gasteiger partial charge in [0.25, 0.3) is 0 Å². The fraction of sp³-hybridized carbons (Fsp3) is 0.368. The maximum Gasteiger partial charge on any atom is 0.0307 e. The van der Waals surface area contributed by atoms with Crippen LogP contribution >= 0.6 is 0 Å². The molecule has 0 aliphatic rings. The zero-order valence-corrected chi connectivity index (χ0v) is 13.3. The molecule has 0 amide bonds. The van der Waals surface area contributed by atoms with Crippen LogP contribution in [0.25, 0.3) is 0 Å². The third-order valence-corrected chi connectivity index (χ3v) is 3.86. The molecule has 2 N–H and O–H groups in total. The van der Waals surface area contributed by atoms with Gasteiger partial charge in [-0.25, -0.2) is 0 Å². The molecule has 1 unspecified atom stereocenters. The van der Waals surface area contributed by atoms with Gasteiger partial charge in [0.1, 0.15) is 0 Å². The lowest BCUT2D eigenvalue weighted by Gasteiger charge is -2.20. The van der Waals surface area contributed by atoms with Gasteiger partial charge in [-0.15, -0.1) is 0 Å². The molecule has 2 nitrogen and oxygen atoms in total. The first-order valence-corrected chi connectivity index (χ1v) is 7.61. The molecule has 21 heavy (non-hydrogen) atoms. The van der Waals surface area contributed by atoms with Gasteiger partial charge >= 0.3 is 0 Å². The first-order chi connectivity index (χ1) is 10.0. The van der Waals surface area contributed by atoms with Crippen LogP contribution in [0, 0.1) is 13.8 Å². The van der Waals surface area contributed by atoms with Crippen molar-refractivity contribution in [1.82, 2.24) is 4.90 Å². The SMILES string of the molecule is Cc1ccc(C(N)CCN(C)Cc2cccc(C)c2)cc1. The van der Waals surface area contributed by atoms with E-state index in [1.165, 1.54) is 22.3 Å². The fourth-order valence-electron chi connectivity index (χ4n) is 2.54. The molecule has 2 rings (SSSR count). The van der Waals surface area contributed by atoms with Crippen molar-refractivity contribution in [2.45, 2.75) is 32.9 Å². The smallest absolute Gasteiger partial charge is 0.0307 e. The van der Waals surface area contributed by atoms with Crippen molar-refractivity contribution in [3.8, 4) is 0 Å². The summed E-state index contributed by atoms with van der Waals surface area (Å²) in [6, 6.07) is 17.3. The quantitative estimate of drug-likeness (QED) is 0.872. The molecule has 0 saturated heterocycles. The largest absolute Gasteiger partial charge is 0.324 e. The Balaban J connectivity index is 1.83. The lowest BCUT2D eigenvalue weighted by molar-refractivity contribution is 0.311. The van der Waals surface area contributed by atoms with E-state index in [1.807, 2.05) is 0 Å². The Morgan fingerprint density at radius 1 is 1.00 bits per heavy atom. The number of nitrogens with zero attached hydrogens (tertiary/aromatic N) is 1. The average molecular weight is 282 g/mol. The summed E-state index contributed by atoms with van der Waals surface area (Å²) >= 11 is 0. The molecule has 0 fully saturated rings. The summed E-state index contributed by atoms with van der Waals surface area (Å²) in [6.45, 7) is 6.22. The molecule has 1 atom stereocenters. The van der Waals surface area contributed by atoms with E-state index in [0.29, 0.717) is 0 Å². The molecule has 2 aromatic rings. The second-order valence-corrected chi connectivity index (χ2v) is 6.03. The molecule has 0 bridgehead atoms. The van der Waals surface area contributed by atoms with E-state index in [4.69, 9.17) is 5.73 Å². The van der Waals surface area contributed by atoms with Crippen LogP contribution in [-0.4, -0.2) is 18.5 Å². The van der Waals surface area contributed by atoms with Crippen LogP contribution in [0.4, 0.5) is 0 Å². The van der Waals surface area contributed by atoms with Crippen LogP contribution in [0.3, 0.4) is 0 Å². The minimum atomic E-state index is 0.116. The topological polar surface area (TPSA) is 29.3 Å². The Morgan fingerprint density at radius 3 is 2.38 bits per heavy atom. The van der Waals surface area contributed by atoms with Crippen LogP contribution in [0.15, 0.2) is 48.5 Å². The fourth-order valence-corrected chi connectivity index (χ4v) is 2.54. The zero-order chi connectivity index (χ0) is 15.2. The first kappa shape index (κ1) is 15.7. The van der Waals surface area contributed by atoms with Gasteiger partial charge in [-0.2, -0.15) is 0 Å². The number of nitrogens with two attached hydrogens (primary N) is 1. The molecule has 0 aromatic heterocycles. The van der Waals surface area contributed by atoms with Gasteiger partial charge in [0.05, 0.1) is 0 Å². The molecule has 112 valence electrons. The summed E-state index contributed by atoms with van der Waals surface area (Å²) in [6.07, 6.45) is 0.978. The summed E-state index contributed by atoms with van der Waals surface area (Å²) in [5.41, 5.74) is 11.5. The van der Waals surface area contributed by atoms with Crippen LogP contribution in [0.1, 0.15) is 34.7 Å². The summed E-state index contributed by atoms with van der Waals surface area (Å²) in [5, 5.41) is 0. The van der Waals surface area contributed by atoms with Crippen molar-refractivity contribution in [1.29, 1.82) is 0 Å². The van der Waals surface area contributed by atoms with Gasteiger partial charge in [0, 0.05) is 12.6 Å². The predicted octanol–water partition coefficient (Wildman–Crippen LogP) is 3.83. The van der Waals surface area contributed by atoms with Gasteiger partial charge in [0.2, 0.25) is 0 Å². The maximum atomic E-state index is 6.28. The molecule has 0 aliphatic heterocycles. The number of rotatable bonds is 6. The molecule has 0 aliphatic carbocycles. The highest BCUT2D eigenvalue weighted by atomic mass is 15.1. The van der Waals surface area contributed by atoms with Crippen molar-refractivity contribution in [2.24, 2.45) is 5.73 Å². The van der Waals surface area contributed by atoms with Crippen molar-refractivity contribution in [3.63, 3.8) is 0 Å². The summed E-state index contributed by atoms with van der Waals surface area (Å²) in [4.78, 5) is 2.34. The van der Waals surface area contributed by atoms with Gasteiger partial charge in [0.15, 0.2) is 0 Å². The van der Waals surface area contributed by atoms with Gasteiger partial charge in [-0.05, 0) is 45.0 Å². The normalized spacial score (nSPS) is 12.6. The Bertz CT molecular complexity index is 560. The summed E-state index contributed by atoms with van der Waals surface area (Å²) in [5.74, 6) is 0. The highest BCUT2D eigenvalue weighted by molar-refractivity contribution is 5.24. The van der Waals surface area contributed by atoms with Crippen LogP contribution in [0.2, 0.25) is 0 Å². The van der Waals surface area contributed by atoms with Crippen molar-refractivity contribution < 1.29 is 0 Å². The molecule has 0 radical (unpaired) electrons. The van der Waals surface area contributed by atoms with Crippen molar-refractivity contribution in [2.75, 3.05) is 13.6 Å². The lowest BCUT2D eigenvalue weighted by Crippen LogP contribution is -2.23. The Labute approximate surface area is 128 Å². The molecular formula is C19H26N2. The van der Waals surface area contributed by atoms with E-state index < -0.39 is 0 Å². The second kappa shape index (κ2) is 7.39. The highest BCUT2D eigenvalue weighted by Gasteiger charge is 2.08. The van der Waals surface area contributed by atoms with Crippen LogP contribution in [-0.2, 0) is 6.54 Å². The third kappa shape index (κ3) is 5.00. The van der Waals surface area contributed by atoms with Crippen LogP contribution < -0.4 is 5.73 Å². The first-order valence-electron chi connectivity index (χ1n) is 7.61. The van der Waals surface area contributed by atoms with Crippen molar-refractivity contribution in [3.05, 3.63) is 70.8 Å². The van der Waals surface area contributed by atoms with Crippen LogP contribution in [0.5, 0.6) is 0 Å². The van der Waals surface area contributed by atoms with E-state index >= 15 is 0 Å². The van der Waals surface area contributed by atoms with Gasteiger partial charge in [-0.1, -0.05) is 59.7 Å². The molecular weight excluding hydrogens is 256 g/mol. The molecule has 2 aromatic carbocycles. The number of hydrogen-bond acceptors (Lipinski definition) is 2. The lowest BCUT2D eigenvalue weighted by atomic mass is 10.0. The summed E-state index contributed by atoms with van der Waals surface area (Å²) in [7, 11) is 2.16. The monoisotopic (exact) mass is 282 g/mol. The second-order valence-electron chi connectivity index (χ2n) is 6.03. The molecule has 2 heteroatoms. The molecule has 0 saturated carbocycles. The standard InChI is InChI=1S/C19H26N2/c1-15-7-9-18(10-8-15)19(20)11-12-21(3)14-17-6-4-5-16(2)13-17/h4-10,13,19H,11-12,14,20H2,1-3H3. The van der Waals surface area contributed by atoms with E-state index in [0.717, 1.165) is 19.5 Å². The third-order valence-electron chi connectivity index (χ3n) is 3.86. The van der Waals surface area contributed by atoms with E-state index in [1.54, 1.807) is 0 Å². The Kier molecular flexibility index (Phi) is 5.54. The van der Waals surface area contributed by atoms with E-state index in [2.05, 4.69) is 74.3 Å². The molecule has 0 spiro atoms. The van der Waals surface area contributed by atoms with Gasteiger partial charge in [-0.3, -0.25) is 0 Å². The minimum Gasteiger partial charge on any atom is -0.324 e.